The van der Waals surface area contributed by atoms with Crippen LogP contribution in [0.1, 0.15) is 23.1 Å². The summed E-state index contributed by atoms with van der Waals surface area (Å²) in [5.41, 5.74) is 3.83. The summed E-state index contributed by atoms with van der Waals surface area (Å²) in [5, 5.41) is 4.96. The number of hydrogen-bond donors (Lipinski definition) is 2. The van der Waals surface area contributed by atoms with Crippen molar-refractivity contribution < 1.29 is 9.47 Å². The molecule has 8 heteroatoms. The number of nitrogens with one attached hydrogen (secondary N) is 2. The Morgan fingerprint density at radius 1 is 1.29 bits per heavy atom. The maximum Gasteiger partial charge on any atom is 0.253 e. The van der Waals surface area contributed by atoms with Gasteiger partial charge >= 0.3 is 0 Å². The van der Waals surface area contributed by atoms with Gasteiger partial charge < -0.3 is 24.7 Å². The van der Waals surface area contributed by atoms with E-state index in [2.05, 4.69) is 39.2 Å². The van der Waals surface area contributed by atoms with Crippen LogP contribution < -0.4 is 10.9 Å². The topological polar surface area (TPSA) is 69.8 Å². The molecule has 0 aliphatic carbocycles. The summed E-state index contributed by atoms with van der Waals surface area (Å²) in [6, 6.07) is 6.20. The van der Waals surface area contributed by atoms with Crippen LogP contribution in [0.25, 0.3) is 10.9 Å². The fourth-order valence-corrected chi connectivity index (χ4v) is 4.25. The number of hydrogen-bond acceptors (Lipinski definition) is 5. The molecule has 0 bridgehead atoms. The monoisotopic (exact) mass is 446 g/mol. The highest BCUT2D eigenvalue weighted by Gasteiger charge is 2.15. The lowest BCUT2D eigenvalue weighted by Gasteiger charge is -2.29. The summed E-state index contributed by atoms with van der Waals surface area (Å²) >= 11 is 5.65. The summed E-state index contributed by atoms with van der Waals surface area (Å²) in [5.74, 6) is 0. The minimum Gasteiger partial charge on any atom is -0.383 e. The van der Waals surface area contributed by atoms with Crippen LogP contribution in [0.3, 0.4) is 0 Å². The normalized spacial score (nSPS) is 14.7. The lowest BCUT2D eigenvalue weighted by atomic mass is 10.1. The van der Waals surface area contributed by atoms with E-state index in [4.69, 9.17) is 21.7 Å². The number of aromatic amines is 1. The largest absolute Gasteiger partial charge is 0.383 e. The first kappa shape index (κ1) is 23.7. The van der Waals surface area contributed by atoms with Crippen LogP contribution in [0.4, 0.5) is 0 Å². The standard InChI is InChI=1S/C23H34N4O3S/c1-17-13-18(2)21-19(14-17)15-20(22(28)25-21)16-27(23(31)24-5-10-29-3)7-4-6-26-8-11-30-12-9-26/h13-15H,4-12,16H2,1-3H3,(H,24,31)(H,25,28). The molecule has 7 nitrogen and oxygen atoms in total. The number of benzene rings is 1. The molecule has 1 aromatic carbocycles. The lowest BCUT2D eigenvalue weighted by molar-refractivity contribution is 0.0367. The average Bonchev–Trinajstić information content (AvgIpc) is 2.75. The number of morpholine rings is 1. The number of thiocarbonyl (C=S) groups is 1. The number of H-pyrrole nitrogens is 1. The Kier molecular flexibility index (Phi) is 8.83. The molecule has 0 amide bonds. The number of aryl methyl sites for hydroxylation is 2. The molecule has 2 heterocycles. The van der Waals surface area contributed by atoms with E-state index in [0.717, 1.165) is 67.8 Å². The highest BCUT2D eigenvalue weighted by Crippen LogP contribution is 2.18. The van der Waals surface area contributed by atoms with Crippen molar-refractivity contribution in [2.24, 2.45) is 0 Å². The van der Waals surface area contributed by atoms with Gasteiger partial charge in [0.05, 0.1) is 31.9 Å². The Balaban J connectivity index is 1.73. The van der Waals surface area contributed by atoms with Gasteiger partial charge in [0.1, 0.15) is 0 Å². The lowest BCUT2D eigenvalue weighted by Crippen LogP contribution is -2.43. The van der Waals surface area contributed by atoms with Crippen LogP contribution in [0.2, 0.25) is 0 Å². The van der Waals surface area contributed by atoms with Crippen LogP contribution in [0, 0.1) is 13.8 Å². The van der Waals surface area contributed by atoms with E-state index in [-0.39, 0.29) is 5.56 Å². The zero-order valence-corrected chi connectivity index (χ0v) is 19.6. The molecular weight excluding hydrogens is 412 g/mol. The average molecular weight is 447 g/mol. The highest BCUT2D eigenvalue weighted by atomic mass is 32.1. The maximum absolute atomic E-state index is 12.8. The fraction of sp³-hybridized carbons (Fsp3) is 0.565. The minimum absolute atomic E-state index is 0.0580. The predicted octanol–water partition coefficient (Wildman–Crippen LogP) is 2.19. The number of aromatic nitrogens is 1. The van der Waals surface area contributed by atoms with Crippen LogP contribution in [0.15, 0.2) is 23.0 Å². The van der Waals surface area contributed by atoms with E-state index in [1.165, 1.54) is 5.56 Å². The van der Waals surface area contributed by atoms with E-state index in [9.17, 15) is 4.79 Å². The summed E-state index contributed by atoms with van der Waals surface area (Å²) in [4.78, 5) is 20.4. The Hall–Kier alpha value is -2.00. The zero-order valence-electron chi connectivity index (χ0n) is 18.8. The van der Waals surface area contributed by atoms with E-state index in [0.29, 0.717) is 24.8 Å². The number of methoxy groups -OCH3 is 1. The van der Waals surface area contributed by atoms with E-state index in [1.54, 1.807) is 7.11 Å². The second-order valence-corrected chi connectivity index (χ2v) is 8.51. The van der Waals surface area contributed by atoms with E-state index in [1.807, 2.05) is 13.0 Å². The van der Waals surface area contributed by atoms with Gasteiger partial charge in [-0.25, -0.2) is 0 Å². The molecule has 1 aliphatic rings. The van der Waals surface area contributed by atoms with Gasteiger partial charge in [0.25, 0.3) is 5.56 Å². The molecule has 0 atom stereocenters. The second kappa shape index (κ2) is 11.6. The van der Waals surface area contributed by atoms with Gasteiger partial charge in [-0.3, -0.25) is 9.69 Å². The van der Waals surface area contributed by atoms with Crippen molar-refractivity contribution in [2.45, 2.75) is 26.8 Å². The molecule has 0 saturated carbocycles. The summed E-state index contributed by atoms with van der Waals surface area (Å²) in [7, 11) is 1.67. The zero-order chi connectivity index (χ0) is 22.2. The molecule has 1 aromatic heterocycles. The first-order valence-electron chi connectivity index (χ1n) is 10.9. The molecule has 0 unspecified atom stereocenters. The Bertz CT molecular complexity index is 940. The minimum atomic E-state index is -0.0580. The number of pyridine rings is 1. The molecule has 170 valence electrons. The third-order valence-corrected chi connectivity index (χ3v) is 6.01. The number of rotatable bonds is 9. The van der Waals surface area contributed by atoms with Crippen LogP contribution in [-0.2, 0) is 16.0 Å². The number of nitrogens with zero attached hydrogens (tertiary/aromatic N) is 2. The molecule has 0 spiro atoms. The fourth-order valence-electron chi connectivity index (χ4n) is 3.99. The molecule has 1 fully saturated rings. The van der Waals surface area contributed by atoms with Crippen LogP contribution >= 0.6 is 12.2 Å². The number of ether oxygens (including phenoxy) is 2. The molecule has 1 aliphatic heterocycles. The van der Waals surface area contributed by atoms with Crippen molar-refractivity contribution in [3.8, 4) is 0 Å². The Morgan fingerprint density at radius 2 is 2.06 bits per heavy atom. The van der Waals surface area contributed by atoms with Crippen molar-refractivity contribution in [3.63, 3.8) is 0 Å². The SMILES string of the molecule is COCCNC(=S)N(CCCN1CCOCC1)Cc1cc2cc(C)cc(C)c2[nH]c1=O. The molecule has 31 heavy (non-hydrogen) atoms. The molecule has 2 aromatic rings. The molecule has 1 saturated heterocycles. The van der Waals surface area contributed by atoms with Crippen molar-refractivity contribution in [1.82, 2.24) is 20.1 Å². The molecule has 0 radical (unpaired) electrons. The Labute approximate surface area is 189 Å². The predicted molar refractivity (Wildman–Crippen MR) is 129 cm³/mol. The molecular formula is C23H34N4O3S. The van der Waals surface area contributed by atoms with Gasteiger partial charge in [-0.2, -0.15) is 0 Å². The van der Waals surface area contributed by atoms with Crippen LogP contribution in [-0.4, -0.2) is 79.6 Å². The molecule has 2 N–H and O–H groups in total. The third kappa shape index (κ3) is 6.74. The van der Waals surface area contributed by atoms with Gasteiger partial charge in [-0.05, 0) is 55.6 Å². The van der Waals surface area contributed by atoms with E-state index >= 15 is 0 Å². The van der Waals surface area contributed by atoms with Gasteiger partial charge in [-0.1, -0.05) is 11.6 Å². The van der Waals surface area contributed by atoms with Crippen molar-refractivity contribution >= 4 is 28.2 Å². The Morgan fingerprint density at radius 3 is 2.81 bits per heavy atom. The summed E-state index contributed by atoms with van der Waals surface area (Å²) < 4.78 is 10.6. The molecule has 3 rings (SSSR count). The quantitative estimate of drug-likeness (QED) is 0.452. The smallest absolute Gasteiger partial charge is 0.253 e. The van der Waals surface area contributed by atoms with Crippen LogP contribution in [0.5, 0.6) is 0 Å². The highest BCUT2D eigenvalue weighted by molar-refractivity contribution is 7.80. The summed E-state index contributed by atoms with van der Waals surface area (Å²) in [6.45, 7) is 11.1. The third-order valence-electron chi connectivity index (χ3n) is 5.61. The van der Waals surface area contributed by atoms with Gasteiger partial charge in [-0.15, -0.1) is 0 Å². The number of fused-ring (bicyclic) bond motifs is 1. The first-order valence-corrected chi connectivity index (χ1v) is 11.3. The summed E-state index contributed by atoms with van der Waals surface area (Å²) in [6.07, 6.45) is 0.968. The first-order chi connectivity index (χ1) is 15.0. The maximum atomic E-state index is 12.8. The second-order valence-electron chi connectivity index (χ2n) is 8.12. The van der Waals surface area contributed by atoms with Gasteiger partial charge in [0.15, 0.2) is 5.11 Å². The van der Waals surface area contributed by atoms with Crippen molar-refractivity contribution in [1.29, 1.82) is 0 Å². The van der Waals surface area contributed by atoms with E-state index < -0.39 is 0 Å². The van der Waals surface area contributed by atoms with Gasteiger partial charge in [0, 0.05) is 45.4 Å². The van der Waals surface area contributed by atoms with Gasteiger partial charge in [0.2, 0.25) is 0 Å². The van der Waals surface area contributed by atoms with Crippen molar-refractivity contribution in [3.05, 3.63) is 45.2 Å². The van der Waals surface area contributed by atoms with Crippen molar-refractivity contribution in [2.75, 3.05) is 59.7 Å².